The molecule has 0 aliphatic heterocycles. The molecule has 0 spiro atoms. The van der Waals surface area contributed by atoms with Crippen molar-refractivity contribution in [3.63, 3.8) is 0 Å². The average molecular weight is 181 g/mol. The zero-order chi connectivity index (χ0) is 9.47. The van der Waals surface area contributed by atoms with Crippen LogP contribution in [0.15, 0.2) is 0 Å². The van der Waals surface area contributed by atoms with Crippen molar-refractivity contribution in [2.24, 2.45) is 23.5 Å². The zero-order valence-corrected chi connectivity index (χ0v) is 9.05. The van der Waals surface area contributed by atoms with Gasteiger partial charge in [-0.3, -0.25) is 0 Å². The number of hydrogen-bond donors (Lipinski definition) is 1. The Morgan fingerprint density at radius 3 is 2.00 bits per heavy atom. The Hall–Kier alpha value is -0.0400. The molecule has 2 saturated carbocycles. The first-order chi connectivity index (χ1) is 6.12. The van der Waals surface area contributed by atoms with E-state index in [4.69, 9.17) is 5.73 Å². The van der Waals surface area contributed by atoms with Gasteiger partial charge in [0.25, 0.3) is 0 Å². The zero-order valence-electron chi connectivity index (χ0n) is 9.05. The van der Waals surface area contributed by atoms with Gasteiger partial charge in [0, 0.05) is 5.54 Å². The summed E-state index contributed by atoms with van der Waals surface area (Å²) in [5.41, 5.74) is 6.54. The van der Waals surface area contributed by atoms with Gasteiger partial charge in [-0.25, -0.2) is 0 Å². The molecule has 0 heterocycles. The minimum Gasteiger partial charge on any atom is -0.325 e. The molecule has 2 N–H and O–H groups in total. The van der Waals surface area contributed by atoms with Crippen LogP contribution >= 0.6 is 0 Å². The monoisotopic (exact) mass is 181 g/mol. The van der Waals surface area contributed by atoms with Crippen LogP contribution in [0.25, 0.3) is 0 Å². The third kappa shape index (κ3) is 1.90. The van der Waals surface area contributed by atoms with Gasteiger partial charge in [0.15, 0.2) is 0 Å². The van der Waals surface area contributed by atoms with Crippen LogP contribution in [-0.2, 0) is 0 Å². The summed E-state index contributed by atoms with van der Waals surface area (Å²) in [4.78, 5) is 0. The topological polar surface area (TPSA) is 26.0 Å². The van der Waals surface area contributed by atoms with Gasteiger partial charge < -0.3 is 5.73 Å². The lowest BCUT2D eigenvalue weighted by molar-refractivity contribution is 0.196. The third-order valence-electron chi connectivity index (χ3n) is 4.36. The maximum absolute atomic E-state index is 6.24. The molecule has 2 fully saturated rings. The van der Waals surface area contributed by atoms with Gasteiger partial charge in [-0.1, -0.05) is 13.8 Å². The highest BCUT2D eigenvalue weighted by Crippen LogP contribution is 2.47. The van der Waals surface area contributed by atoms with E-state index >= 15 is 0 Å². The Labute approximate surface area is 82.1 Å². The van der Waals surface area contributed by atoms with Crippen LogP contribution in [0.4, 0.5) is 0 Å². The van der Waals surface area contributed by atoms with Crippen molar-refractivity contribution >= 4 is 0 Å². The molecule has 0 aromatic rings. The fourth-order valence-corrected chi connectivity index (χ4v) is 2.91. The number of rotatable bonds is 2. The largest absolute Gasteiger partial charge is 0.325 e. The summed E-state index contributed by atoms with van der Waals surface area (Å²) in [5.74, 6) is 2.73. The molecule has 13 heavy (non-hydrogen) atoms. The Kier molecular flexibility index (Phi) is 2.39. The first kappa shape index (κ1) is 9.51. The third-order valence-corrected chi connectivity index (χ3v) is 4.36. The summed E-state index contributed by atoms with van der Waals surface area (Å²) in [5, 5.41) is 0. The van der Waals surface area contributed by atoms with E-state index in [1.54, 1.807) is 0 Å². The van der Waals surface area contributed by atoms with Gasteiger partial charge in [0.05, 0.1) is 0 Å². The molecule has 0 radical (unpaired) electrons. The number of nitrogens with two attached hydrogens (primary N) is 1. The Morgan fingerprint density at radius 2 is 1.62 bits per heavy atom. The molecular weight excluding hydrogens is 158 g/mol. The molecule has 2 aliphatic carbocycles. The predicted molar refractivity (Wildman–Crippen MR) is 56.4 cm³/mol. The summed E-state index contributed by atoms with van der Waals surface area (Å²) in [6.45, 7) is 4.72. The minimum absolute atomic E-state index is 0.294. The maximum Gasteiger partial charge on any atom is 0.0184 e. The van der Waals surface area contributed by atoms with Crippen molar-refractivity contribution in [3.05, 3.63) is 0 Å². The molecule has 2 aliphatic rings. The van der Waals surface area contributed by atoms with Crippen molar-refractivity contribution < 1.29 is 0 Å². The van der Waals surface area contributed by atoms with Crippen molar-refractivity contribution in [3.8, 4) is 0 Å². The molecule has 0 amide bonds. The Bertz CT molecular complexity index is 174. The van der Waals surface area contributed by atoms with Crippen LogP contribution in [0.1, 0.15) is 52.4 Å². The van der Waals surface area contributed by atoms with E-state index in [1.165, 1.54) is 38.5 Å². The first-order valence-corrected chi connectivity index (χ1v) is 5.91. The van der Waals surface area contributed by atoms with Crippen LogP contribution in [0.3, 0.4) is 0 Å². The molecule has 0 saturated heterocycles. The molecular formula is C12H23N. The van der Waals surface area contributed by atoms with E-state index in [2.05, 4.69) is 13.8 Å². The van der Waals surface area contributed by atoms with Gasteiger partial charge >= 0.3 is 0 Å². The van der Waals surface area contributed by atoms with E-state index in [0.717, 1.165) is 17.8 Å². The fourth-order valence-electron chi connectivity index (χ4n) is 2.91. The molecule has 0 aromatic carbocycles. The van der Waals surface area contributed by atoms with Gasteiger partial charge in [-0.2, -0.15) is 0 Å². The summed E-state index contributed by atoms with van der Waals surface area (Å²) in [7, 11) is 0. The van der Waals surface area contributed by atoms with Crippen LogP contribution in [0.2, 0.25) is 0 Å². The van der Waals surface area contributed by atoms with Crippen LogP contribution in [0, 0.1) is 17.8 Å². The molecule has 0 bridgehead atoms. The van der Waals surface area contributed by atoms with Crippen LogP contribution in [0.5, 0.6) is 0 Å². The van der Waals surface area contributed by atoms with E-state index in [1.807, 2.05) is 0 Å². The quantitative estimate of drug-likeness (QED) is 0.696. The van der Waals surface area contributed by atoms with Gasteiger partial charge in [-0.15, -0.1) is 0 Å². The molecule has 1 nitrogen and oxygen atoms in total. The first-order valence-electron chi connectivity index (χ1n) is 5.91. The maximum atomic E-state index is 6.24. The summed E-state index contributed by atoms with van der Waals surface area (Å²) in [6.07, 6.45) is 8.26. The number of hydrogen-bond acceptors (Lipinski definition) is 1. The highest BCUT2D eigenvalue weighted by molar-refractivity contribution is 5.04. The minimum atomic E-state index is 0.294. The van der Waals surface area contributed by atoms with E-state index in [9.17, 15) is 0 Å². The summed E-state index contributed by atoms with van der Waals surface area (Å²) in [6, 6.07) is 0. The highest BCUT2D eigenvalue weighted by atomic mass is 14.8. The van der Waals surface area contributed by atoms with Crippen molar-refractivity contribution in [2.45, 2.75) is 57.9 Å². The second-order valence-electron chi connectivity index (χ2n) is 5.59. The van der Waals surface area contributed by atoms with Crippen molar-refractivity contribution in [2.75, 3.05) is 0 Å². The van der Waals surface area contributed by atoms with E-state index < -0.39 is 0 Å². The normalized spacial score (nSPS) is 37.8. The predicted octanol–water partition coefficient (Wildman–Crippen LogP) is 2.94. The van der Waals surface area contributed by atoms with Crippen molar-refractivity contribution in [1.82, 2.24) is 0 Å². The summed E-state index contributed by atoms with van der Waals surface area (Å²) < 4.78 is 0. The van der Waals surface area contributed by atoms with E-state index in [-0.39, 0.29) is 0 Å². The smallest absolute Gasteiger partial charge is 0.0184 e. The molecule has 0 aromatic heterocycles. The van der Waals surface area contributed by atoms with E-state index in [0.29, 0.717) is 5.54 Å². The molecule has 76 valence electrons. The average Bonchev–Trinajstić information content (AvgIpc) is 2.85. The van der Waals surface area contributed by atoms with Crippen molar-refractivity contribution in [1.29, 1.82) is 0 Å². The lowest BCUT2D eigenvalue weighted by Gasteiger charge is -2.34. The Morgan fingerprint density at radius 1 is 1.08 bits per heavy atom. The van der Waals surface area contributed by atoms with Crippen LogP contribution < -0.4 is 5.73 Å². The second-order valence-corrected chi connectivity index (χ2v) is 5.59. The van der Waals surface area contributed by atoms with Crippen LogP contribution in [-0.4, -0.2) is 5.54 Å². The molecule has 0 unspecified atom stereocenters. The SMILES string of the molecule is CC(C)C1CCC(C2(N)CC2)CC1. The molecule has 1 heteroatoms. The highest BCUT2D eigenvalue weighted by Gasteiger charge is 2.46. The second kappa shape index (κ2) is 3.27. The van der Waals surface area contributed by atoms with Gasteiger partial charge in [0.2, 0.25) is 0 Å². The fraction of sp³-hybridized carbons (Fsp3) is 1.00. The van der Waals surface area contributed by atoms with Gasteiger partial charge in [0.1, 0.15) is 0 Å². The standard InChI is InChI=1S/C12H23N/c1-9(2)10-3-5-11(6-4-10)12(13)7-8-12/h9-11H,3-8,13H2,1-2H3. The molecule has 2 rings (SSSR count). The lowest BCUT2D eigenvalue weighted by atomic mass is 9.74. The lowest BCUT2D eigenvalue weighted by Crippen LogP contribution is -2.35. The Balaban J connectivity index is 1.82. The summed E-state index contributed by atoms with van der Waals surface area (Å²) >= 11 is 0. The molecule has 0 atom stereocenters. The van der Waals surface area contributed by atoms with Gasteiger partial charge in [-0.05, 0) is 56.3 Å².